The summed E-state index contributed by atoms with van der Waals surface area (Å²) in [6.07, 6.45) is 7.02. The van der Waals surface area contributed by atoms with Crippen molar-refractivity contribution in [3.8, 4) is 0 Å². The predicted molar refractivity (Wildman–Crippen MR) is 53.6 cm³/mol. The van der Waals surface area contributed by atoms with Crippen molar-refractivity contribution in [2.24, 2.45) is 5.92 Å². The van der Waals surface area contributed by atoms with Gasteiger partial charge in [0.1, 0.15) is 0 Å². The lowest BCUT2D eigenvalue weighted by molar-refractivity contribution is -0.311. The maximum atomic E-state index is 10.4. The Hall–Kier alpha value is -0.570. The summed E-state index contributed by atoms with van der Waals surface area (Å²) in [6.45, 7) is 1.98. The second-order valence-corrected chi connectivity index (χ2v) is 3.85. The van der Waals surface area contributed by atoms with Crippen LogP contribution in [-0.2, 0) is 4.79 Å². The Bertz CT molecular complexity index is 145. The standard InChI is InChI=1S/C11H22O3/c1-10(11(13)14)8-6-4-2-3-5-7-9-12/h10,12H,2-9H2,1H3,(H,13,14)/p-1. The summed E-state index contributed by atoms with van der Waals surface area (Å²) in [5.41, 5.74) is 0. The van der Waals surface area contributed by atoms with E-state index in [4.69, 9.17) is 5.11 Å². The number of aliphatic carboxylic acids is 1. The second-order valence-electron chi connectivity index (χ2n) is 3.85. The lowest BCUT2D eigenvalue weighted by atomic mass is 10.0. The third kappa shape index (κ3) is 8.05. The van der Waals surface area contributed by atoms with Crippen LogP contribution in [0.15, 0.2) is 0 Å². The molecular weight excluding hydrogens is 180 g/mol. The van der Waals surface area contributed by atoms with Gasteiger partial charge in [-0.3, -0.25) is 0 Å². The molecule has 0 aliphatic carbocycles. The van der Waals surface area contributed by atoms with Crippen molar-refractivity contribution < 1.29 is 15.0 Å². The van der Waals surface area contributed by atoms with E-state index in [1.165, 1.54) is 0 Å². The van der Waals surface area contributed by atoms with Crippen LogP contribution in [0.3, 0.4) is 0 Å². The van der Waals surface area contributed by atoms with Crippen LogP contribution in [-0.4, -0.2) is 17.7 Å². The number of carbonyl (C=O) groups is 1. The van der Waals surface area contributed by atoms with Gasteiger partial charge in [0.15, 0.2) is 0 Å². The highest BCUT2D eigenvalue weighted by Crippen LogP contribution is 2.11. The first-order valence-corrected chi connectivity index (χ1v) is 5.50. The van der Waals surface area contributed by atoms with Crippen LogP contribution in [0.1, 0.15) is 51.9 Å². The van der Waals surface area contributed by atoms with Gasteiger partial charge in [0.2, 0.25) is 0 Å². The Morgan fingerprint density at radius 1 is 1.14 bits per heavy atom. The molecule has 14 heavy (non-hydrogen) atoms. The molecule has 0 radical (unpaired) electrons. The molecule has 0 heterocycles. The first kappa shape index (κ1) is 13.4. The summed E-state index contributed by atoms with van der Waals surface area (Å²) >= 11 is 0. The van der Waals surface area contributed by atoms with Crippen molar-refractivity contribution in [1.29, 1.82) is 0 Å². The Kier molecular flexibility index (Phi) is 8.64. The SMILES string of the molecule is CC(CCCCCCCCO)C(=O)[O-]. The summed E-state index contributed by atoms with van der Waals surface area (Å²) in [5, 5.41) is 18.9. The van der Waals surface area contributed by atoms with Crippen molar-refractivity contribution >= 4 is 5.97 Å². The van der Waals surface area contributed by atoms with Gasteiger partial charge in [-0.15, -0.1) is 0 Å². The fourth-order valence-electron chi connectivity index (χ4n) is 1.39. The van der Waals surface area contributed by atoms with Gasteiger partial charge in [-0.25, -0.2) is 0 Å². The fourth-order valence-corrected chi connectivity index (χ4v) is 1.39. The molecular formula is C11H21O3-. The Labute approximate surface area is 86.1 Å². The zero-order valence-corrected chi connectivity index (χ0v) is 9.00. The van der Waals surface area contributed by atoms with Crippen LogP contribution in [0.25, 0.3) is 0 Å². The maximum absolute atomic E-state index is 10.4. The van der Waals surface area contributed by atoms with E-state index in [2.05, 4.69) is 0 Å². The third-order valence-corrected chi connectivity index (χ3v) is 2.45. The van der Waals surface area contributed by atoms with Crippen LogP contribution in [0.5, 0.6) is 0 Å². The van der Waals surface area contributed by atoms with Gasteiger partial charge in [0, 0.05) is 12.6 Å². The highest BCUT2D eigenvalue weighted by atomic mass is 16.4. The summed E-state index contributed by atoms with van der Waals surface area (Å²) in [7, 11) is 0. The molecule has 0 bridgehead atoms. The smallest absolute Gasteiger partial charge is 0.0442 e. The van der Waals surface area contributed by atoms with E-state index in [0.717, 1.165) is 44.9 Å². The van der Waals surface area contributed by atoms with Crippen LogP contribution in [0, 0.1) is 5.92 Å². The zero-order valence-electron chi connectivity index (χ0n) is 9.00. The van der Waals surface area contributed by atoms with Gasteiger partial charge in [0.05, 0.1) is 0 Å². The van der Waals surface area contributed by atoms with Gasteiger partial charge in [-0.05, 0) is 18.8 Å². The lowest BCUT2D eigenvalue weighted by Crippen LogP contribution is -2.29. The summed E-state index contributed by atoms with van der Waals surface area (Å²) in [5.74, 6) is -1.25. The largest absolute Gasteiger partial charge is 0.550 e. The van der Waals surface area contributed by atoms with Crippen molar-refractivity contribution in [1.82, 2.24) is 0 Å². The van der Waals surface area contributed by atoms with Crippen molar-refractivity contribution in [2.45, 2.75) is 51.9 Å². The van der Waals surface area contributed by atoms with E-state index in [-0.39, 0.29) is 12.5 Å². The van der Waals surface area contributed by atoms with Gasteiger partial charge < -0.3 is 15.0 Å². The molecule has 1 unspecified atom stereocenters. The van der Waals surface area contributed by atoms with Crippen LogP contribution in [0.2, 0.25) is 0 Å². The summed E-state index contributed by atoms with van der Waals surface area (Å²) in [6, 6.07) is 0. The number of hydrogen-bond acceptors (Lipinski definition) is 3. The maximum Gasteiger partial charge on any atom is 0.0442 e. The predicted octanol–water partition coefficient (Wildman–Crippen LogP) is 1.10. The van der Waals surface area contributed by atoms with Gasteiger partial charge in [0.25, 0.3) is 0 Å². The minimum Gasteiger partial charge on any atom is -0.550 e. The first-order valence-electron chi connectivity index (χ1n) is 5.50. The van der Waals surface area contributed by atoms with E-state index in [1.54, 1.807) is 6.92 Å². The van der Waals surface area contributed by atoms with Crippen molar-refractivity contribution in [2.75, 3.05) is 6.61 Å². The highest BCUT2D eigenvalue weighted by Gasteiger charge is 2.01. The highest BCUT2D eigenvalue weighted by molar-refractivity contribution is 5.66. The first-order chi connectivity index (χ1) is 6.68. The minimum absolute atomic E-state index is 0.279. The quantitative estimate of drug-likeness (QED) is 0.568. The Balaban J connectivity index is 3.09. The summed E-state index contributed by atoms with van der Waals surface area (Å²) < 4.78 is 0. The molecule has 84 valence electrons. The van der Waals surface area contributed by atoms with Crippen LogP contribution >= 0.6 is 0 Å². The van der Waals surface area contributed by atoms with E-state index in [0.29, 0.717) is 0 Å². The third-order valence-electron chi connectivity index (χ3n) is 2.45. The molecule has 0 aliphatic rings. The molecule has 0 spiro atoms. The molecule has 0 aromatic heterocycles. The molecule has 0 aromatic rings. The normalized spacial score (nSPS) is 12.7. The molecule has 0 aromatic carbocycles. The Morgan fingerprint density at radius 3 is 2.14 bits per heavy atom. The molecule has 0 aliphatic heterocycles. The van der Waals surface area contributed by atoms with Crippen LogP contribution < -0.4 is 5.11 Å². The van der Waals surface area contributed by atoms with Crippen molar-refractivity contribution in [3.05, 3.63) is 0 Å². The van der Waals surface area contributed by atoms with Crippen molar-refractivity contribution in [3.63, 3.8) is 0 Å². The summed E-state index contributed by atoms with van der Waals surface area (Å²) in [4.78, 5) is 10.4. The van der Waals surface area contributed by atoms with Gasteiger partial charge in [-0.2, -0.15) is 0 Å². The molecule has 0 fully saturated rings. The minimum atomic E-state index is -0.940. The number of carboxylic acid groups (broad SMARTS) is 1. The topological polar surface area (TPSA) is 60.4 Å². The molecule has 0 amide bonds. The van der Waals surface area contributed by atoms with Crippen LogP contribution in [0.4, 0.5) is 0 Å². The molecule has 0 rings (SSSR count). The van der Waals surface area contributed by atoms with E-state index in [9.17, 15) is 9.90 Å². The number of carboxylic acids is 1. The molecule has 0 saturated heterocycles. The monoisotopic (exact) mass is 201 g/mol. The molecule has 1 N–H and O–H groups in total. The number of hydrogen-bond donors (Lipinski definition) is 1. The fraction of sp³-hybridized carbons (Fsp3) is 0.909. The number of unbranched alkanes of at least 4 members (excludes halogenated alkanes) is 5. The average molecular weight is 201 g/mol. The zero-order chi connectivity index (χ0) is 10.8. The van der Waals surface area contributed by atoms with Gasteiger partial charge >= 0.3 is 0 Å². The molecule has 0 saturated carbocycles. The average Bonchev–Trinajstić information content (AvgIpc) is 2.16. The Morgan fingerprint density at radius 2 is 1.64 bits per heavy atom. The molecule has 3 heteroatoms. The van der Waals surface area contributed by atoms with Gasteiger partial charge in [-0.1, -0.05) is 39.0 Å². The lowest BCUT2D eigenvalue weighted by Gasteiger charge is -2.11. The number of aliphatic hydroxyl groups excluding tert-OH is 1. The number of carbonyl (C=O) groups excluding carboxylic acids is 1. The second kappa shape index (κ2) is 9.00. The molecule has 3 nitrogen and oxygen atoms in total. The number of aliphatic hydroxyl groups is 1. The number of rotatable bonds is 9. The van der Waals surface area contributed by atoms with E-state index < -0.39 is 5.97 Å². The molecule has 1 atom stereocenters. The van der Waals surface area contributed by atoms with E-state index >= 15 is 0 Å². The van der Waals surface area contributed by atoms with E-state index in [1.807, 2.05) is 0 Å².